The number of carboxylic acids is 1. The maximum absolute atomic E-state index is 11.9. The van der Waals surface area contributed by atoms with Crippen LogP contribution in [0.2, 0.25) is 0 Å². The lowest BCUT2D eigenvalue weighted by Crippen LogP contribution is -2.34. The van der Waals surface area contributed by atoms with Gasteiger partial charge in [-0.15, -0.1) is 0 Å². The highest BCUT2D eigenvalue weighted by atomic mass is 16.4. The Balaban J connectivity index is 1.83. The predicted molar refractivity (Wildman–Crippen MR) is 82.4 cm³/mol. The van der Waals surface area contributed by atoms with E-state index < -0.39 is 5.97 Å². The number of carbonyl (C=O) groups excluding carboxylic acids is 1. The van der Waals surface area contributed by atoms with Crippen LogP contribution in [0.4, 0.5) is 5.69 Å². The van der Waals surface area contributed by atoms with Crippen molar-refractivity contribution in [2.75, 3.05) is 5.32 Å². The topological polar surface area (TPSA) is 70.3 Å². The number of aromatic nitrogens is 1. The molecule has 0 aliphatic carbocycles. The second kappa shape index (κ2) is 7.36. The Labute approximate surface area is 129 Å². The van der Waals surface area contributed by atoms with Crippen LogP contribution >= 0.6 is 0 Å². The number of nitrogens with one attached hydrogen (secondary N) is 1. The Bertz CT molecular complexity index is 649. The summed E-state index contributed by atoms with van der Waals surface area (Å²) in [6.07, 6.45) is 4.26. The van der Waals surface area contributed by atoms with Crippen LogP contribution in [0.1, 0.15) is 17.5 Å². The molecule has 1 aromatic heterocycles. The maximum Gasteiger partial charge on any atom is 0.307 e. The first-order valence-corrected chi connectivity index (χ1v) is 7.09. The predicted octanol–water partition coefficient (Wildman–Crippen LogP) is 1.94. The van der Waals surface area contributed by atoms with Crippen molar-refractivity contribution < 1.29 is 19.3 Å². The van der Waals surface area contributed by atoms with E-state index in [2.05, 4.69) is 5.32 Å². The van der Waals surface area contributed by atoms with Gasteiger partial charge in [0.25, 0.3) is 0 Å². The van der Waals surface area contributed by atoms with Gasteiger partial charge in [-0.1, -0.05) is 12.1 Å². The molecule has 0 radical (unpaired) electrons. The molecule has 22 heavy (non-hydrogen) atoms. The van der Waals surface area contributed by atoms with Crippen LogP contribution in [0.3, 0.4) is 0 Å². The van der Waals surface area contributed by atoms with Gasteiger partial charge in [0.1, 0.15) is 0 Å². The van der Waals surface area contributed by atoms with Gasteiger partial charge in [-0.25, -0.2) is 4.57 Å². The van der Waals surface area contributed by atoms with Crippen LogP contribution in [0.5, 0.6) is 0 Å². The number of anilines is 1. The Kier molecular flexibility index (Phi) is 5.25. The molecule has 0 unspecified atom stereocenters. The Hall–Kier alpha value is -2.69. The summed E-state index contributed by atoms with van der Waals surface area (Å²) in [7, 11) is 0. The summed E-state index contributed by atoms with van der Waals surface area (Å²) in [5, 5.41) is 11.5. The van der Waals surface area contributed by atoms with Crippen molar-refractivity contribution in [2.45, 2.75) is 26.3 Å². The summed E-state index contributed by atoms with van der Waals surface area (Å²) in [6.45, 7) is 2.63. The molecule has 0 bridgehead atoms. The van der Waals surface area contributed by atoms with Crippen molar-refractivity contribution in [3.63, 3.8) is 0 Å². The monoisotopic (exact) mass is 299 g/mol. The standard InChI is InChI=1S/C17H18N2O3/c1-13-6-9-19(10-7-13)11-8-16(20)18-15-4-2-14(3-5-15)12-17(21)22/h2-7,9-10H,8,11-12H2,1H3,(H-,18,20,21,22)/p+1. The van der Waals surface area contributed by atoms with Crippen molar-refractivity contribution in [1.82, 2.24) is 0 Å². The third-order valence-corrected chi connectivity index (χ3v) is 3.25. The maximum atomic E-state index is 11.9. The van der Waals surface area contributed by atoms with Crippen molar-refractivity contribution in [3.05, 3.63) is 59.9 Å². The number of rotatable bonds is 6. The zero-order chi connectivity index (χ0) is 15.9. The summed E-state index contributed by atoms with van der Waals surface area (Å²) in [5.41, 5.74) is 2.57. The normalized spacial score (nSPS) is 10.2. The van der Waals surface area contributed by atoms with Crippen LogP contribution < -0.4 is 9.88 Å². The summed E-state index contributed by atoms with van der Waals surface area (Å²) in [6, 6.07) is 10.8. The van der Waals surface area contributed by atoms with E-state index in [-0.39, 0.29) is 12.3 Å². The van der Waals surface area contributed by atoms with Gasteiger partial charge in [-0.2, -0.15) is 0 Å². The summed E-state index contributed by atoms with van der Waals surface area (Å²) < 4.78 is 1.96. The van der Waals surface area contributed by atoms with E-state index in [1.54, 1.807) is 24.3 Å². The van der Waals surface area contributed by atoms with Crippen LogP contribution in [-0.2, 0) is 22.6 Å². The molecule has 0 spiro atoms. The average molecular weight is 299 g/mol. The minimum atomic E-state index is -0.869. The second-order valence-corrected chi connectivity index (χ2v) is 5.18. The zero-order valence-corrected chi connectivity index (χ0v) is 12.5. The van der Waals surface area contributed by atoms with E-state index >= 15 is 0 Å². The minimum Gasteiger partial charge on any atom is -0.481 e. The highest BCUT2D eigenvalue weighted by Gasteiger charge is 2.07. The number of aryl methyl sites for hydroxylation is 2. The summed E-state index contributed by atoms with van der Waals surface area (Å²) in [5.74, 6) is -0.939. The number of nitrogens with zero attached hydrogens (tertiary/aromatic N) is 1. The van der Waals surface area contributed by atoms with Gasteiger partial charge in [0.05, 0.1) is 12.8 Å². The lowest BCUT2D eigenvalue weighted by atomic mass is 10.1. The zero-order valence-electron chi connectivity index (χ0n) is 12.5. The molecule has 114 valence electrons. The molecular formula is C17H19N2O3+. The molecule has 0 saturated carbocycles. The van der Waals surface area contributed by atoms with Gasteiger partial charge < -0.3 is 10.4 Å². The lowest BCUT2D eigenvalue weighted by Gasteiger charge is -2.05. The number of carboxylic acid groups (broad SMARTS) is 1. The molecule has 0 aliphatic heterocycles. The first-order chi connectivity index (χ1) is 10.5. The third-order valence-electron chi connectivity index (χ3n) is 3.25. The fraction of sp³-hybridized carbons (Fsp3) is 0.235. The van der Waals surface area contributed by atoms with Crippen LogP contribution in [0, 0.1) is 6.92 Å². The Morgan fingerprint density at radius 3 is 2.32 bits per heavy atom. The van der Waals surface area contributed by atoms with Crippen molar-refractivity contribution in [3.8, 4) is 0 Å². The number of hydrogen-bond acceptors (Lipinski definition) is 2. The molecule has 0 atom stereocenters. The molecule has 0 aliphatic rings. The van der Waals surface area contributed by atoms with Gasteiger partial charge in [0, 0.05) is 17.8 Å². The van der Waals surface area contributed by atoms with Gasteiger partial charge >= 0.3 is 5.97 Å². The Morgan fingerprint density at radius 2 is 1.73 bits per heavy atom. The number of carbonyl (C=O) groups is 2. The van der Waals surface area contributed by atoms with Gasteiger partial charge in [-0.05, 0) is 30.2 Å². The number of amides is 1. The van der Waals surface area contributed by atoms with E-state index in [9.17, 15) is 9.59 Å². The van der Waals surface area contributed by atoms with Gasteiger partial charge in [0.15, 0.2) is 18.9 Å². The largest absolute Gasteiger partial charge is 0.481 e. The molecule has 1 aromatic carbocycles. The fourth-order valence-electron chi connectivity index (χ4n) is 2.02. The molecule has 0 fully saturated rings. The second-order valence-electron chi connectivity index (χ2n) is 5.18. The molecule has 2 rings (SSSR count). The van der Waals surface area contributed by atoms with Crippen LogP contribution in [0.25, 0.3) is 0 Å². The van der Waals surface area contributed by atoms with E-state index in [0.29, 0.717) is 24.2 Å². The van der Waals surface area contributed by atoms with E-state index in [1.165, 1.54) is 5.56 Å². The molecule has 5 heteroatoms. The Morgan fingerprint density at radius 1 is 1.09 bits per heavy atom. The first kappa shape index (κ1) is 15.7. The van der Waals surface area contributed by atoms with Gasteiger partial charge in [-0.3, -0.25) is 9.59 Å². The van der Waals surface area contributed by atoms with Crippen LogP contribution in [-0.4, -0.2) is 17.0 Å². The lowest BCUT2D eigenvalue weighted by molar-refractivity contribution is -0.695. The molecular weight excluding hydrogens is 280 g/mol. The smallest absolute Gasteiger partial charge is 0.307 e. The van der Waals surface area contributed by atoms with E-state index in [1.807, 2.05) is 36.0 Å². The average Bonchev–Trinajstić information content (AvgIpc) is 2.48. The third kappa shape index (κ3) is 5.01. The molecule has 2 aromatic rings. The number of hydrogen-bond donors (Lipinski definition) is 2. The first-order valence-electron chi connectivity index (χ1n) is 7.09. The molecule has 5 nitrogen and oxygen atoms in total. The molecule has 1 heterocycles. The molecule has 0 saturated heterocycles. The fourth-order valence-corrected chi connectivity index (χ4v) is 2.02. The summed E-state index contributed by atoms with van der Waals surface area (Å²) in [4.78, 5) is 22.5. The molecule has 2 N–H and O–H groups in total. The number of aliphatic carboxylic acids is 1. The molecule has 1 amide bonds. The SMILES string of the molecule is Cc1cc[n+](CCC(=O)Nc2ccc(CC(=O)O)cc2)cc1. The quantitative estimate of drug-likeness (QED) is 0.801. The highest BCUT2D eigenvalue weighted by molar-refractivity contribution is 5.90. The van der Waals surface area contributed by atoms with E-state index in [4.69, 9.17) is 5.11 Å². The van der Waals surface area contributed by atoms with Gasteiger partial charge in [0.2, 0.25) is 5.91 Å². The van der Waals surface area contributed by atoms with E-state index in [0.717, 1.165) is 0 Å². The summed E-state index contributed by atoms with van der Waals surface area (Å²) >= 11 is 0. The highest BCUT2D eigenvalue weighted by Crippen LogP contribution is 2.10. The number of pyridine rings is 1. The van der Waals surface area contributed by atoms with Crippen molar-refractivity contribution in [1.29, 1.82) is 0 Å². The minimum absolute atomic E-state index is 0.0156. The van der Waals surface area contributed by atoms with Crippen molar-refractivity contribution >= 4 is 17.6 Å². The number of benzene rings is 1. The van der Waals surface area contributed by atoms with Crippen molar-refractivity contribution in [2.24, 2.45) is 0 Å². The van der Waals surface area contributed by atoms with Crippen LogP contribution in [0.15, 0.2) is 48.8 Å².